The Kier molecular flexibility index (Phi) is 5.03. The molecule has 0 saturated heterocycles. The van der Waals surface area contributed by atoms with Crippen LogP contribution in [0.25, 0.3) is 0 Å². The molecule has 1 atom stereocenters. The molecule has 1 aromatic rings. The molecule has 1 amide bonds. The van der Waals surface area contributed by atoms with E-state index in [2.05, 4.69) is 5.10 Å². The fourth-order valence-corrected chi connectivity index (χ4v) is 1.83. The third-order valence-corrected chi connectivity index (χ3v) is 2.87. The van der Waals surface area contributed by atoms with Crippen molar-refractivity contribution in [3.05, 3.63) is 24.3 Å². The second-order valence-corrected chi connectivity index (χ2v) is 4.43. The second-order valence-electron chi connectivity index (χ2n) is 3.46. The summed E-state index contributed by atoms with van der Waals surface area (Å²) >= 11 is -1.99. The summed E-state index contributed by atoms with van der Waals surface area (Å²) in [6, 6.07) is 6.21. The molecule has 5 nitrogen and oxygen atoms in total. The van der Waals surface area contributed by atoms with Gasteiger partial charge in [0, 0.05) is 5.71 Å². The van der Waals surface area contributed by atoms with Crippen molar-refractivity contribution >= 4 is 28.4 Å². The SMILES string of the molecule is CC1=NN(c2ccc(S(=O)O)cc2)C(=O)C1.[H-].[Na+]. The Morgan fingerprint density at radius 2 is 2.00 bits per heavy atom. The van der Waals surface area contributed by atoms with Crippen molar-refractivity contribution in [1.29, 1.82) is 0 Å². The molecule has 0 spiro atoms. The maximum atomic E-state index is 11.5. The molecule has 0 aliphatic carbocycles. The van der Waals surface area contributed by atoms with Gasteiger partial charge in [0.05, 0.1) is 17.0 Å². The summed E-state index contributed by atoms with van der Waals surface area (Å²) in [4.78, 5) is 11.8. The zero-order valence-electron chi connectivity index (χ0n) is 10.6. The molecule has 0 radical (unpaired) electrons. The Hall–Kier alpha value is -0.530. The molecule has 1 heterocycles. The van der Waals surface area contributed by atoms with E-state index >= 15 is 0 Å². The number of hydrogen-bond donors (Lipinski definition) is 1. The number of nitrogens with zero attached hydrogens (tertiary/aromatic N) is 2. The van der Waals surface area contributed by atoms with Crippen molar-refractivity contribution in [3.63, 3.8) is 0 Å². The number of amides is 1. The minimum absolute atomic E-state index is 0. The summed E-state index contributed by atoms with van der Waals surface area (Å²) < 4.78 is 19.6. The fourth-order valence-electron chi connectivity index (χ4n) is 1.46. The third kappa shape index (κ3) is 3.23. The Balaban J connectivity index is 0.00000144. The summed E-state index contributed by atoms with van der Waals surface area (Å²) in [5.74, 6) is -0.0876. The minimum atomic E-state index is -1.99. The first kappa shape index (κ1) is 14.5. The molecule has 0 aromatic heterocycles. The number of rotatable bonds is 2. The van der Waals surface area contributed by atoms with Crippen LogP contribution in [0.3, 0.4) is 0 Å². The number of benzene rings is 1. The van der Waals surface area contributed by atoms with Crippen LogP contribution in [0.15, 0.2) is 34.3 Å². The Bertz CT molecular complexity index is 492. The summed E-state index contributed by atoms with van der Waals surface area (Å²) in [5.41, 5.74) is 1.37. The quantitative estimate of drug-likeness (QED) is 0.521. The van der Waals surface area contributed by atoms with E-state index in [1.165, 1.54) is 17.1 Å². The molecule has 1 aliphatic rings. The second kappa shape index (κ2) is 5.88. The average molecular weight is 262 g/mol. The number of hydrazone groups is 1. The van der Waals surface area contributed by atoms with Crippen molar-refractivity contribution in [3.8, 4) is 0 Å². The number of carbonyl (C=O) groups excluding carboxylic acids is 1. The van der Waals surface area contributed by atoms with Gasteiger partial charge in [-0.15, -0.1) is 0 Å². The van der Waals surface area contributed by atoms with Crippen LogP contribution in [0.4, 0.5) is 5.69 Å². The van der Waals surface area contributed by atoms with Crippen LogP contribution < -0.4 is 34.6 Å². The van der Waals surface area contributed by atoms with E-state index in [1.54, 1.807) is 19.1 Å². The summed E-state index contributed by atoms with van der Waals surface area (Å²) in [5, 5.41) is 5.38. The first-order valence-electron chi connectivity index (χ1n) is 4.66. The van der Waals surface area contributed by atoms with Gasteiger partial charge in [0.2, 0.25) is 0 Å². The smallest absolute Gasteiger partial charge is 1.00 e. The van der Waals surface area contributed by atoms with E-state index in [4.69, 9.17) is 4.55 Å². The molecule has 0 fully saturated rings. The van der Waals surface area contributed by atoms with Gasteiger partial charge in [0.15, 0.2) is 11.1 Å². The molecule has 1 aromatic carbocycles. The van der Waals surface area contributed by atoms with Crippen LogP contribution in [0.1, 0.15) is 14.8 Å². The summed E-state index contributed by atoms with van der Waals surface area (Å²) in [6.07, 6.45) is 0.327. The molecule has 7 heteroatoms. The number of anilines is 1. The molecular weight excluding hydrogens is 251 g/mol. The molecule has 1 N–H and O–H groups in total. The Labute approximate surface area is 125 Å². The van der Waals surface area contributed by atoms with Gasteiger partial charge in [-0.3, -0.25) is 4.79 Å². The minimum Gasteiger partial charge on any atom is -1.00 e. The first-order chi connectivity index (χ1) is 7.58. The van der Waals surface area contributed by atoms with E-state index in [1.807, 2.05) is 0 Å². The molecule has 0 saturated carbocycles. The fraction of sp³-hybridized carbons (Fsp3) is 0.200. The van der Waals surface area contributed by atoms with E-state index < -0.39 is 11.1 Å². The van der Waals surface area contributed by atoms with Crippen LogP contribution in [0.2, 0.25) is 0 Å². The number of hydrogen-bond acceptors (Lipinski definition) is 3. The van der Waals surface area contributed by atoms with Crippen molar-refractivity contribution in [2.45, 2.75) is 18.2 Å². The van der Waals surface area contributed by atoms with Crippen molar-refractivity contribution in [2.24, 2.45) is 5.10 Å². The maximum absolute atomic E-state index is 11.5. The zero-order valence-corrected chi connectivity index (χ0v) is 12.4. The van der Waals surface area contributed by atoms with E-state index in [-0.39, 0.29) is 36.9 Å². The van der Waals surface area contributed by atoms with Gasteiger partial charge >= 0.3 is 29.6 Å². The van der Waals surface area contributed by atoms with Crippen LogP contribution in [-0.4, -0.2) is 20.4 Å². The van der Waals surface area contributed by atoms with Crippen molar-refractivity contribution in [1.82, 2.24) is 0 Å². The van der Waals surface area contributed by atoms with Crippen LogP contribution in [-0.2, 0) is 15.9 Å². The van der Waals surface area contributed by atoms with Gasteiger partial charge in [0.25, 0.3) is 5.91 Å². The van der Waals surface area contributed by atoms with Gasteiger partial charge in [-0.1, -0.05) is 0 Å². The summed E-state index contributed by atoms with van der Waals surface area (Å²) in [7, 11) is 0. The van der Waals surface area contributed by atoms with E-state index in [9.17, 15) is 9.00 Å². The molecule has 1 unspecified atom stereocenters. The van der Waals surface area contributed by atoms with Gasteiger partial charge in [-0.25, -0.2) is 9.22 Å². The number of carbonyl (C=O) groups is 1. The normalized spacial score (nSPS) is 16.5. The molecule has 17 heavy (non-hydrogen) atoms. The Morgan fingerprint density at radius 3 is 2.41 bits per heavy atom. The predicted molar refractivity (Wildman–Crippen MR) is 61.8 cm³/mol. The Morgan fingerprint density at radius 1 is 1.41 bits per heavy atom. The first-order valence-corrected chi connectivity index (χ1v) is 5.76. The predicted octanol–water partition coefficient (Wildman–Crippen LogP) is -1.50. The topological polar surface area (TPSA) is 70.0 Å². The molecule has 86 valence electrons. The summed E-state index contributed by atoms with van der Waals surface area (Å²) in [6.45, 7) is 1.79. The third-order valence-electron chi connectivity index (χ3n) is 2.20. The molecule has 2 rings (SSSR count). The molecular formula is C10H11N2NaO3S. The van der Waals surface area contributed by atoms with Crippen molar-refractivity contribution in [2.75, 3.05) is 5.01 Å². The standard InChI is InChI=1S/C10H10N2O3S.Na.H/c1-7-6-10(13)12(11-7)8-2-4-9(5-3-8)16(14)15;;/h2-5H,6H2,1H3,(H,14,15);;/q;+1;-1. The zero-order chi connectivity index (χ0) is 11.7. The van der Waals surface area contributed by atoms with Crippen LogP contribution in [0.5, 0.6) is 0 Å². The van der Waals surface area contributed by atoms with E-state index in [0.29, 0.717) is 17.0 Å². The molecule has 1 aliphatic heterocycles. The van der Waals surface area contributed by atoms with Gasteiger partial charge in [0.1, 0.15) is 0 Å². The van der Waals surface area contributed by atoms with Gasteiger partial charge in [-0.05, 0) is 31.2 Å². The molecule has 0 bridgehead atoms. The average Bonchev–Trinajstić information content (AvgIpc) is 2.58. The van der Waals surface area contributed by atoms with Crippen LogP contribution >= 0.6 is 0 Å². The van der Waals surface area contributed by atoms with Gasteiger partial charge in [-0.2, -0.15) is 5.10 Å². The van der Waals surface area contributed by atoms with Crippen molar-refractivity contribution < 1.29 is 44.5 Å². The van der Waals surface area contributed by atoms with E-state index in [0.717, 1.165) is 5.71 Å². The maximum Gasteiger partial charge on any atom is 1.00 e. The largest absolute Gasteiger partial charge is 1.00 e. The van der Waals surface area contributed by atoms with Crippen LogP contribution in [0, 0.1) is 0 Å². The monoisotopic (exact) mass is 262 g/mol. The van der Waals surface area contributed by atoms with Gasteiger partial charge < -0.3 is 5.98 Å².